The van der Waals surface area contributed by atoms with Crippen LogP contribution in [0.4, 0.5) is 5.95 Å². The van der Waals surface area contributed by atoms with Gasteiger partial charge in [-0.15, -0.1) is 0 Å². The van der Waals surface area contributed by atoms with Crippen LogP contribution >= 0.6 is 0 Å². The van der Waals surface area contributed by atoms with Crippen LogP contribution in [0.3, 0.4) is 0 Å². The summed E-state index contributed by atoms with van der Waals surface area (Å²) in [6.07, 6.45) is 5.21. The van der Waals surface area contributed by atoms with Crippen LogP contribution in [0.5, 0.6) is 0 Å². The molecule has 102 valence electrons. The van der Waals surface area contributed by atoms with Crippen molar-refractivity contribution in [2.75, 3.05) is 5.73 Å². The molecule has 0 aliphatic carbocycles. The van der Waals surface area contributed by atoms with E-state index in [4.69, 9.17) is 5.73 Å². The van der Waals surface area contributed by atoms with Gasteiger partial charge in [0.2, 0.25) is 5.95 Å². The Kier molecular flexibility index (Phi) is 2.41. The molecule has 0 saturated carbocycles. The van der Waals surface area contributed by atoms with Gasteiger partial charge in [0.1, 0.15) is 0 Å². The molecule has 0 bridgehead atoms. The van der Waals surface area contributed by atoms with Crippen molar-refractivity contribution in [2.45, 2.75) is 6.92 Å². The van der Waals surface area contributed by atoms with Crippen molar-refractivity contribution < 1.29 is 0 Å². The highest BCUT2D eigenvalue weighted by Crippen LogP contribution is 2.34. The molecule has 0 amide bonds. The highest BCUT2D eigenvalue weighted by Gasteiger charge is 2.13. The van der Waals surface area contributed by atoms with E-state index < -0.39 is 0 Å². The Bertz CT molecular complexity index is 954. The second-order valence-corrected chi connectivity index (χ2v) is 5.03. The van der Waals surface area contributed by atoms with E-state index >= 15 is 0 Å². The minimum Gasteiger partial charge on any atom is -0.368 e. The predicted octanol–water partition coefficient (Wildman–Crippen LogP) is 3.06. The summed E-state index contributed by atoms with van der Waals surface area (Å²) in [5.41, 5.74) is 10.7. The zero-order valence-corrected chi connectivity index (χ0v) is 11.5. The average Bonchev–Trinajstić information content (AvgIpc) is 2.88. The molecule has 3 heterocycles. The molecule has 4 aromatic rings. The van der Waals surface area contributed by atoms with Gasteiger partial charge in [-0.25, -0.2) is 9.97 Å². The summed E-state index contributed by atoms with van der Waals surface area (Å²) in [7, 11) is 0. The highest BCUT2D eigenvalue weighted by molar-refractivity contribution is 6.14. The Morgan fingerprint density at radius 1 is 0.952 bits per heavy atom. The number of hydrogen-bond donors (Lipinski definition) is 2. The molecule has 0 spiro atoms. The molecule has 0 aliphatic heterocycles. The van der Waals surface area contributed by atoms with Crippen LogP contribution in [0.25, 0.3) is 33.1 Å². The Morgan fingerprint density at radius 3 is 2.52 bits per heavy atom. The largest absolute Gasteiger partial charge is 0.368 e. The molecule has 0 fully saturated rings. The number of nitrogens with one attached hydrogen (secondary N) is 1. The average molecular weight is 275 g/mol. The van der Waals surface area contributed by atoms with Gasteiger partial charge in [-0.3, -0.25) is 4.98 Å². The van der Waals surface area contributed by atoms with Crippen LogP contribution in [0.2, 0.25) is 0 Å². The number of benzene rings is 1. The van der Waals surface area contributed by atoms with Gasteiger partial charge in [0, 0.05) is 40.4 Å². The molecule has 5 heteroatoms. The molecule has 0 aliphatic rings. The Morgan fingerprint density at radius 2 is 1.71 bits per heavy atom. The lowest BCUT2D eigenvalue weighted by molar-refractivity contribution is 1.18. The summed E-state index contributed by atoms with van der Waals surface area (Å²) in [4.78, 5) is 16.1. The molecule has 0 radical (unpaired) electrons. The van der Waals surface area contributed by atoms with Crippen molar-refractivity contribution in [1.29, 1.82) is 0 Å². The molecule has 21 heavy (non-hydrogen) atoms. The molecular formula is C16H13N5. The van der Waals surface area contributed by atoms with Crippen molar-refractivity contribution in [1.82, 2.24) is 19.9 Å². The molecule has 3 N–H and O–H groups in total. The van der Waals surface area contributed by atoms with Crippen LogP contribution < -0.4 is 5.73 Å². The topological polar surface area (TPSA) is 80.5 Å². The standard InChI is InChI=1S/C16H13N5/c1-9-3-2-4-11-13(9)14-12(21-11)5-6-18-15(14)10-7-19-16(17)20-8-10/h2-8,21H,1H3,(H2,17,19,20). The zero-order valence-electron chi connectivity index (χ0n) is 11.5. The van der Waals surface area contributed by atoms with Gasteiger partial charge in [0.25, 0.3) is 0 Å². The molecule has 0 unspecified atom stereocenters. The summed E-state index contributed by atoms with van der Waals surface area (Å²) >= 11 is 0. The lowest BCUT2D eigenvalue weighted by Crippen LogP contribution is -1.94. The molecule has 0 atom stereocenters. The Labute approximate surface area is 120 Å². The Hall–Kier alpha value is -2.95. The van der Waals surface area contributed by atoms with E-state index in [-0.39, 0.29) is 5.95 Å². The number of rotatable bonds is 1. The van der Waals surface area contributed by atoms with E-state index in [9.17, 15) is 0 Å². The van der Waals surface area contributed by atoms with Crippen LogP contribution in [0, 0.1) is 6.92 Å². The van der Waals surface area contributed by atoms with E-state index in [2.05, 4.69) is 39.0 Å². The highest BCUT2D eigenvalue weighted by atomic mass is 15.0. The first-order chi connectivity index (χ1) is 10.2. The maximum absolute atomic E-state index is 5.56. The Balaban J connectivity index is 2.14. The summed E-state index contributed by atoms with van der Waals surface area (Å²) in [6, 6.07) is 8.21. The van der Waals surface area contributed by atoms with Gasteiger partial charge in [-0.2, -0.15) is 0 Å². The first-order valence-electron chi connectivity index (χ1n) is 6.68. The minimum absolute atomic E-state index is 0.265. The van der Waals surface area contributed by atoms with Gasteiger partial charge in [0.05, 0.1) is 11.2 Å². The molecular weight excluding hydrogens is 262 g/mol. The number of aromatic nitrogens is 4. The number of nitrogen functional groups attached to an aromatic ring is 1. The van der Waals surface area contributed by atoms with Crippen LogP contribution in [0.15, 0.2) is 42.9 Å². The lowest BCUT2D eigenvalue weighted by Gasteiger charge is -2.04. The number of nitrogens with two attached hydrogens (primary N) is 1. The molecule has 1 aromatic carbocycles. The molecule has 4 rings (SSSR count). The summed E-state index contributed by atoms with van der Waals surface area (Å²) < 4.78 is 0. The smallest absolute Gasteiger partial charge is 0.219 e. The fourth-order valence-corrected chi connectivity index (χ4v) is 2.75. The monoisotopic (exact) mass is 275 g/mol. The third-order valence-corrected chi connectivity index (χ3v) is 3.69. The maximum atomic E-state index is 5.56. The number of pyridine rings is 1. The van der Waals surface area contributed by atoms with E-state index in [0.717, 1.165) is 27.7 Å². The third kappa shape index (κ3) is 1.74. The molecule has 0 saturated heterocycles. The van der Waals surface area contributed by atoms with Crippen LogP contribution in [-0.4, -0.2) is 19.9 Å². The minimum atomic E-state index is 0.265. The van der Waals surface area contributed by atoms with E-state index in [1.807, 2.05) is 12.1 Å². The van der Waals surface area contributed by atoms with Crippen molar-refractivity contribution >= 4 is 27.8 Å². The summed E-state index contributed by atoms with van der Waals surface area (Å²) in [6.45, 7) is 2.10. The van der Waals surface area contributed by atoms with E-state index in [1.54, 1.807) is 18.6 Å². The van der Waals surface area contributed by atoms with Gasteiger partial charge in [0.15, 0.2) is 0 Å². The fraction of sp³-hybridized carbons (Fsp3) is 0.0625. The van der Waals surface area contributed by atoms with Crippen LogP contribution in [-0.2, 0) is 0 Å². The third-order valence-electron chi connectivity index (χ3n) is 3.69. The second kappa shape index (κ2) is 4.28. The molecule has 3 aromatic heterocycles. The number of aromatic amines is 1. The van der Waals surface area contributed by atoms with Gasteiger partial charge in [-0.1, -0.05) is 12.1 Å². The second-order valence-electron chi connectivity index (χ2n) is 5.03. The first-order valence-corrected chi connectivity index (χ1v) is 6.68. The SMILES string of the molecule is Cc1cccc2[nH]c3ccnc(-c4cnc(N)nc4)c3c12. The lowest BCUT2D eigenvalue weighted by atomic mass is 10.0. The van der Waals surface area contributed by atoms with Crippen molar-refractivity contribution in [2.24, 2.45) is 0 Å². The zero-order chi connectivity index (χ0) is 14.4. The van der Waals surface area contributed by atoms with Gasteiger partial charge >= 0.3 is 0 Å². The predicted molar refractivity (Wildman–Crippen MR) is 83.8 cm³/mol. The quantitative estimate of drug-likeness (QED) is 0.559. The molecule has 5 nitrogen and oxygen atoms in total. The van der Waals surface area contributed by atoms with Crippen molar-refractivity contribution in [3.8, 4) is 11.3 Å². The number of H-pyrrole nitrogens is 1. The van der Waals surface area contributed by atoms with Gasteiger partial charge < -0.3 is 10.7 Å². The fourth-order valence-electron chi connectivity index (χ4n) is 2.75. The maximum Gasteiger partial charge on any atom is 0.219 e. The number of nitrogens with zero attached hydrogens (tertiary/aromatic N) is 3. The van der Waals surface area contributed by atoms with E-state index in [0.29, 0.717) is 0 Å². The summed E-state index contributed by atoms with van der Waals surface area (Å²) in [5, 5.41) is 2.28. The normalized spacial score (nSPS) is 11.3. The first kappa shape index (κ1) is 11.8. The number of fused-ring (bicyclic) bond motifs is 3. The number of aryl methyl sites for hydroxylation is 1. The summed E-state index contributed by atoms with van der Waals surface area (Å²) in [5.74, 6) is 0.265. The van der Waals surface area contributed by atoms with E-state index in [1.165, 1.54) is 10.9 Å². The number of anilines is 1. The van der Waals surface area contributed by atoms with Crippen LogP contribution in [0.1, 0.15) is 5.56 Å². The van der Waals surface area contributed by atoms with Crippen molar-refractivity contribution in [3.05, 3.63) is 48.4 Å². The number of hydrogen-bond acceptors (Lipinski definition) is 4. The van der Waals surface area contributed by atoms with Gasteiger partial charge in [-0.05, 0) is 24.6 Å². The van der Waals surface area contributed by atoms with Crippen molar-refractivity contribution in [3.63, 3.8) is 0 Å².